The molecule has 110 valence electrons. The molecule has 6 nitrogen and oxygen atoms in total. The third kappa shape index (κ3) is 3.68. The van der Waals surface area contributed by atoms with Gasteiger partial charge in [0, 0.05) is 12.7 Å². The van der Waals surface area contributed by atoms with Gasteiger partial charge in [0.25, 0.3) is 0 Å². The van der Waals surface area contributed by atoms with Crippen molar-refractivity contribution >= 4 is 11.9 Å². The molecule has 0 spiro atoms. The van der Waals surface area contributed by atoms with Crippen molar-refractivity contribution in [2.45, 2.75) is 13.3 Å². The van der Waals surface area contributed by atoms with E-state index in [0.29, 0.717) is 18.2 Å². The lowest BCUT2D eigenvalue weighted by molar-refractivity contribution is 0.0695. The van der Waals surface area contributed by atoms with Crippen LogP contribution in [0.25, 0.3) is 0 Å². The van der Waals surface area contributed by atoms with E-state index in [-0.39, 0.29) is 5.56 Å². The first-order valence-electron chi connectivity index (χ1n) is 6.54. The van der Waals surface area contributed by atoms with Gasteiger partial charge in [0.1, 0.15) is 5.75 Å². The molecule has 0 atom stereocenters. The van der Waals surface area contributed by atoms with E-state index in [0.717, 1.165) is 17.7 Å². The molecule has 0 unspecified atom stereocenters. The molecule has 0 saturated heterocycles. The predicted octanol–water partition coefficient (Wildman–Crippen LogP) is 2.15. The van der Waals surface area contributed by atoms with Crippen LogP contribution in [-0.4, -0.2) is 34.7 Å². The second kappa shape index (κ2) is 6.69. The number of rotatable bonds is 6. The summed E-state index contributed by atoms with van der Waals surface area (Å²) >= 11 is 0. The molecule has 0 fully saturated rings. The van der Waals surface area contributed by atoms with Crippen LogP contribution in [0.1, 0.15) is 21.6 Å². The fourth-order valence-corrected chi connectivity index (χ4v) is 1.98. The summed E-state index contributed by atoms with van der Waals surface area (Å²) in [5, 5.41) is 12.0. The van der Waals surface area contributed by atoms with E-state index in [1.54, 1.807) is 14.0 Å². The summed E-state index contributed by atoms with van der Waals surface area (Å²) in [5.41, 5.74) is 1.65. The lowest BCUT2D eigenvalue weighted by atomic mass is 10.1. The number of nitrogens with zero attached hydrogens (tertiary/aromatic N) is 2. The van der Waals surface area contributed by atoms with E-state index < -0.39 is 5.97 Å². The van der Waals surface area contributed by atoms with E-state index in [9.17, 15) is 4.79 Å². The third-order valence-corrected chi connectivity index (χ3v) is 3.08. The number of hydrogen-bond acceptors (Lipinski definition) is 5. The fraction of sp³-hybridized carbons (Fsp3) is 0.267. The molecule has 0 amide bonds. The van der Waals surface area contributed by atoms with Gasteiger partial charge in [0.2, 0.25) is 5.95 Å². The molecule has 1 aromatic heterocycles. The van der Waals surface area contributed by atoms with Gasteiger partial charge in [-0.1, -0.05) is 18.2 Å². The van der Waals surface area contributed by atoms with Crippen LogP contribution in [0.2, 0.25) is 0 Å². The number of aromatic carboxylic acids is 1. The van der Waals surface area contributed by atoms with Crippen molar-refractivity contribution in [3.05, 3.63) is 47.3 Å². The Bertz CT molecular complexity index is 644. The van der Waals surface area contributed by atoms with E-state index in [2.05, 4.69) is 15.3 Å². The van der Waals surface area contributed by atoms with Crippen LogP contribution in [0.15, 0.2) is 30.5 Å². The summed E-state index contributed by atoms with van der Waals surface area (Å²) in [6, 6.07) is 7.80. The van der Waals surface area contributed by atoms with Crippen LogP contribution in [0.5, 0.6) is 5.75 Å². The summed E-state index contributed by atoms with van der Waals surface area (Å²) in [4.78, 5) is 19.0. The topological polar surface area (TPSA) is 84.3 Å². The number of para-hydroxylation sites is 1. The Balaban J connectivity index is 1.97. The van der Waals surface area contributed by atoms with E-state index in [4.69, 9.17) is 9.84 Å². The number of carboxylic acids is 1. The van der Waals surface area contributed by atoms with Crippen LogP contribution in [0.4, 0.5) is 5.95 Å². The van der Waals surface area contributed by atoms with Crippen LogP contribution < -0.4 is 10.1 Å². The third-order valence-electron chi connectivity index (χ3n) is 3.08. The Kier molecular flexibility index (Phi) is 4.71. The van der Waals surface area contributed by atoms with Crippen molar-refractivity contribution in [1.82, 2.24) is 9.97 Å². The van der Waals surface area contributed by atoms with Gasteiger partial charge in [-0.05, 0) is 25.0 Å². The minimum Gasteiger partial charge on any atom is -0.496 e. The molecule has 21 heavy (non-hydrogen) atoms. The van der Waals surface area contributed by atoms with Crippen molar-refractivity contribution in [1.29, 1.82) is 0 Å². The second-order valence-corrected chi connectivity index (χ2v) is 4.49. The molecule has 0 aliphatic heterocycles. The van der Waals surface area contributed by atoms with Crippen LogP contribution in [0, 0.1) is 6.92 Å². The summed E-state index contributed by atoms with van der Waals surface area (Å²) in [5.74, 6) is 0.248. The summed E-state index contributed by atoms with van der Waals surface area (Å²) in [6.45, 7) is 2.28. The van der Waals surface area contributed by atoms with Crippen LogP contribution in [-0.2, 0) is 6.42 Å². The molecule has 6 heteroatoms. The lowest BCUT2D eigenvalue weighted by Crippen LogP contribution is -2.11. The van der Waals surface area contributed by atoms with Crippen molar-refractivity contribution in [2.75, 3.05) is 19.0 Å². The Morgan fingerprint density at radius 1 is 1.38 bits per heavy atom. The molecule has 1 aromatic carbocycles. The molecule has 1 heterocycles. The van der Waals surface area contributed by atoms with Gasteiger partial charge in [-0.15, -0.1) is 0 Å². The van der Waals surface area contributed by atoms with Crippen molar-refractivity contribution in [3.8, 4) is 5.75 Å². The number of carboxylic acid groups (broad SMARTS) is 1. The quantitative estimate of drug-likeness (QED) is 0.847. The zero-order valence-corrected chi connectivity index (χ0v) is 12.0. The highest BCUT2D eigenvalue weighted by molar-refractivity contribution is 5.88. The number of aryl methyl sites for hydroxylation is 1. The molecule has 0 bridgehead atoms. The predicted molar refractivity (Wildman–Crippen MR) is 78.9 cm³/mol. The molecular formula is C15H17N3O3. The fourth-order valence-electron chi connectivity index (χ4n) is 1.98. The lowest BCUT2D eigenvalue weighted by Gasteiger charge is -2.09. The van der Waals surface area contributed by atoms with Crippen molar-refractivity contribution < 1.29 is 14.6 Å². The zero-order chi connectivity index (χ0) is 15.2. The minimum absolute atomic E-state index is 0.116. The maximum Gasteiger partial charge on any atom is 0.339 e. The average molecular weight is 287 g/mol. The van der Waals surface area contributed by atoms with E-state index >= 15 is 0 Å². The first-order chi connectivity index (χ1) is 10.1. The highest BCUT2D eigenvalue weighted by Gasteiger charge is 2.09. The molecule has 0 saturated carbocycles. The number of anilines is 1. The maximum atomic E-state index is 10.9. The first kappa shape index (κ1) is 14.8. The highest BCUT2D eigenvalue weighted by Crippen LogP contribution is 2.17. The monoisotopic (exact) mass is 287 g/mol. The first-order valence-corrected chi connectivity index (χ1v) is 6.54. The number of hydrogen-bond donors (Lipinski definition) is 2. The van der Waals surface area contributed by atoms with Gasteiger partial charge in [-0.2, -0.15) is 0 Å². The second-order valence-electron chi connectivity index (χ2n) is 4.49. The number of benzene rings is 1. The van der Waals surface area contributed by atoms with Gasteiger partial charge in [0.15, 0.2) is 0 Å². The maximum absolute atomic E-state index is 10.9. The van der Waals surface area contributed by atoms with E-state index in [1.807, 2.05) is 24.3 Å². The van der Waals surface area contributed by atoms with Crippen molar-refractivity contribution in [2.24, 2.45) is 0 Å². The number of methoxy groups -OCH3 is 1. The van der Waals surface area contributed by atoms with Gasteiger partial charge >= 0.3 is 5.97 Å². The van der Waals surface area contributed by atoms with Crippen LogP contribution in [0.3, 0.4) is 0 Å². The number of aromatic nitrogens is 2. The molecule has 0 radical (unpaired) electrons. The van der Waals surface area contributed by atoms with Crippen molar-refractivity contribution in [3.63, 3.8) is 0 Å². The standard InChI is InChI=1S/C15H17N3O3/c1-10-12(14(19)20)9-17-15(18-10)16-8-7-11-5-3-4-6-13(11)21-2/h3-6,9H,7-8H2,1-2H3,(H,19,20)(H,16,17,18). The molecule has 2 rings (SSSR count). The van der Waals surface area contributed by atoms with E-state index in [1.165, 1.54) is 6.20 Å². The summed E-state index contributed by atoms with van der Waals surface area (Å²) in [6.07, 6.45) is 2.07. The van der Waals surface area contributed by atoms with Crippen LogP contribution >= 0.6 is 0 Å². The number of ether oxygens (including phenoxy) is 1. The average Bonchev–Trinajstić information content (AvgIpc) is 2.47. The smallest absolute Gasteiger partial charge is 0.339 e. The Morgan fingerprint density at radius 2 is 2.14 bits per heavy atom. The summed E-state index contributed by atoms with van der Waals surface area (Å²) in [7, 11) is 1.64. The Labute approximate surface area is 122 Å². The zero-order valence-electron chi connectivity index (χ0n) is 12.0. The summed E-state index contributed by atoms with van der Waals surface area (Å²) < 4.78 is 5.28. The Hall–Kier alpha value is -2.63. The SMILES string of the molecule is COc1ccccc1CCNc1ncc(C(=O)O)c(C)n1. The molecule has 2 aromatic rings. The highest BCUT2D eigenvalue weighted by atomic mass is 16.5. The Morgan fingerprint density at radius 3 is 2.81 bits per heavy atom. The largest absolute Gasteiger partial charge is 0.496 e. The molecule has 2 N–H and O–H groups in total. The molecular weight excluding hydrogens is 270 g/mol. The molecule has 0 aliphatic carbocycles. The number of carbonyl (C=O) groups is 1. The molecule has 0 aliphatic rings. The van der Waals surface area contributed by atoms with Gasteiger partial charge in [-0.25, -0.2) is 14.8 Å². The normalized spacial score (nSPS) is 10.2. The minimum atomic E-state index is -1.02. The van der Waals surface area contributed by atoms with Gasteiger partial charge < -0.3 is 15.2 Å². The van der Waals surface area contributed by atoms with Gasteiger partial charge in [-0.3, -0.25) is 0 Å². The number of nitrogens with one attached hydrogen (secondary N) is 1. The van der Waals surface area contributed by atoms with Gasteiger partial charge in [0.05, 0.1) is 18.4 Å².